The summed E-state index contributed by atoms with van der Waals surface area (Å²) in [6.45, 7) is 6.32. The third kappa shape index (κ3) is 4.35. The van der Waals surface area contributed by atoms with Gasteiger partial charge in [-0.2, -0.15) is 0 Å². The molecular weight excluding hydrogens is 238 g/mol. The lowest BCUT2D eigenvalue weighted by atomic mass is 10.1. The van der Waals surface area contributed by atoms with Crippen molar-refractivity contribution in [1.29, 1.82) is 0 Å². The molecular formula is C16H23NO2. The number of carbonyl (C=O) groups is 1. The van der Waals surface area contributed by atoms with Gasteiger partial charge in [0.15, 0.2) is 0 Å². The van der Waals surface area contributed by atoms with Gasteiger partial charge in [0.2, 0.25) is 5.91 Å². The molecule has 1 atom stereocenters. The molecule has 3 heteroatoms. The predicted molar refractivity (Wildman–Crippen MR) is 76.0 cm³/mol. The van der Waals surface area contributed by atoms with Gasteiger partial charge in [0, 0.05) is 13.0 Å². The number of hydrogen-bond donors (Lipinski definition) is 0. The van der Waals surface area contributed by atoms with Gasteiger partial charge in [0.05, 0.1) is 13.2 Å². The van der Waals surface area contributed by atoms with Gasteiger partial charge in [0.25, 0.3) is 0 Å². The first kappa shape index (κ1) is 14.1. The SMILES string of the molecule is CCC(=O)N(CCCc1ccccc1)CC1(C)CO1. The number of carbonyl (C=O) groups excluding carboxylic acids is 1. The van der Waals surface area contributed by atoms with E-state index in [-0.39, 0.29) is 11.5 Å². The van der Waals surface area contributed by atoms with E-state index in [1.54, 1.807) is 0 Å². The number of ether oxygens (including phenoxy) is 1. The van der Waals surface area contributed by atoms with E-state index in [0.29, 0.717) is 6.42 Å². The molecule has 1 aromatic carbocycles. The van der Waals surface area contributed by atoms with Crippen LogP contribution in [0.25, 0.3) is 0 Å². The van der Waals surface area contributed by atoms with Crippen LogP contribution in [0.1, 0.15) is 32.3 Å². The topological polar surface area (TPSA) is 32.8 Å². The van der Waals surface area contributed by atoms with Crippen LogP contribution in [0.2, 0.25) is 0 Å². The second-order valence-electron chi connectivity index (χ2n) is 5.50. The molecule has 2 rings (SSSR count). The summed E-state index contributed by atoms with van der Waals surface area (Å²) in [4.78, 5) is 13.9. The fourth-order valence-corrected chi connectivity index (χ4v) is 2.25. The average molecular weight is 261 g/mol. The molecule has 3 nitrogen and oxygen atoms in total. The van der Waals surface area contributed by atoms with Crippen molar-refractivity contribution in [3.63, 3.8) is 0 Å². The van der Waals surface area contributed by atoms with Crippen molar-refractivity contribution in [3.05, 3.63) is 35.9 Å². The Bertz CT molecular complexity index is 412. The molecule has 1 aromatic rings. The number of amides is 1. The van der Waals surface area contributed by atoms with Gasteiger partial charge in [-0.3, -0.25) is 4.79 Å². The monoisotopic (exact) mass is 261 g/mol. The van der Waals surface area contributed by atoms with Gasteiger partial charge in [0.1, 0.15) is 5.60 Å². The lowest BCUT2D eigenvalue weighted by Gasteiger charge is -2.24. The number of rotatable bonds is 7. The highest BCUT2D eigenvalue weighted by atomic mass is 16.6. The molecule has 1 saturated heterocycles. The zero-order valence-corrected chi connectivity index (χ0v) is 11.9. The number of nitrogens with zero attached hydrogens (tertiary/aromatic N) is 1. The van der Waals surface area contributed by atoms with Crippen molar-refractivity contribution in [2.75, 3.05) is 19.7 Å². The fourth-order valence-electron chi connectivity index (χ4n) is 2.25. The van der Waals surface area contributed by atoms with Crippen LogP contribution in [0.4, 0.5) is 0 Å². The zero-order chi connectivity index (χ0) is 13.7. The third-order valence-electron chi connectivity index (χ3n) is 3.55. The molecule has 19 heavy (non-hydrogen) atoms. The first-order valence-corrected chi connectivity index (χ1v) is 7.08. The lowest BCUT2D eigenvalue weighted by Crippen LogP contribution is -2.38. The van der Waals surface area contributed by atoms with Gasteiger partial charge in [-0.1, -0.05) is 37.3 Å². The average Bonchev–Trinajstić information content (AvgIpc) is 3.16. The Morgan fingerprint density at radius 2 is 2.05 bits per heavy atom. The van der Waals surface area contributed by atoms with Gasteiger partial charge in [-0.05, 0) is 25.3 Å². The quantitative estimate of drug-likeness (QED) is 0.707. The Labute approximate surface area is 115 Å². The Hall–Kier alpha value is -1.35. The Balaban J connectivity index is 1.81. The summed E-state index contributed by atoms with van der Waals surface area (Å²) in [6, 6.07) is 10.4. The van der Waals surface area contributed by atoms with Crippen molar-refractivity contribution >= 4 is 5.91 Å². The highest BCUT2D eigenvalue weighted by Gasteiger charge is 2.41. The molecule has 0 radical (unpaired) electrons. The smallest absolute Gasteiger partial charge is 0.222 e. The summed E-state index contributed by atoms with van der Waals surface area (Å²) in [5.74, 6) is 0.227. The Kier molecular flexibility index (Phi) is 4.59. The second-order valence-corrected chi connectivity index (χ2v) is 5.50. The molecule has 0 aromatic heterocycles. The maximum Gasteiger partial charge on any atom is 0.222 e. The summed E-state index contributed by atoms with van der Waals surface area (Å²) in [6.07, 6.45) is 2.60. The molecule has 0 spiro atoms. The van der Waals surface area contributed by atoms with Crippen molar-refractivity contribution in [1.82, 2.24) is 4.90 Å². The van der Waals surface area contributed by atoms with Crippen LogP contribution in [0.5, 0.6) is 0 Å². The standard InChI is InChI=1S/C16H23NO2/c1-3-15(18)17(12-16(2)13-19-16)11-7-10-14-8-5-4-6-9-14/h4-6,8-9H,3,7,10-13H2,1-2H3. The molecule has 0 aliphatic carbocycles. The van der Waals surface area contributed by atoms with Crippen LogP contribution in [0, 0.1) is 0 Å². The second kappa shape index (κ2) is 6.20. The molecule has 1 aliphatic rings. The first-order valence-electron chi connectivity index (χ1n) is 7.08. The lowest BCUT2D eigenvalue weighted by molar-refractivity contribution is -0.131. The largest absolute Gasteiger partial charge is 0.368 e. The predicted octanol–water partition coefficient (Wildman–Crippen LogP) is 2.65. The Morgan fingerprint density at radius 3 is 2.63 bits per heavy atom. The fraction of sp³-hybridized carbons (Fsp3) is 0.562. The van der Waals surface area contributed by atoms with Gasteiger partial charge in [-0.15, -0.1) is 0 Å². The Morgan fingerprint density at radius 1 is 1.37 bits per heavy atom. The molecule has 104 valence electrons. The van der Waals surface area contributed by atoms with Crippen LogP contribution in [0.15, 0.2) is 30.3 Å². The van der Waals surface area contributed by atoms with Crippen LogP contribution in [0.3, 0.4) is 0 Å². The molecule has 0 bridgehead atoms. The van der Waals surface area contributed by atoms with E-state index < -0.39 is 0 Å². The molecule has 0 saturated carbocycles. The highest BCUT2D eigenvalue weighted by molar-refractivity contribution is 5.75. The van der Waals surface area contributed by atoms with Crippen LogP contribution < -0.4 is 0 Å². The molecule has 1 fully saturated rings. The van der Waals surface area contributed by atoms with E-state index >= 15 is 0 Å². The first-order chi connectivity index (χ1) is 9.13. The molecule has 1 unspecified atom stereocenters. The maximum atomic E-state index is 11.9. The molecule has 1 heterocycles. The van der Waals surface area contributed by atoms with E-state index in [1.807, 2.05) is 17.9 Å². The maximum absolute atomic E-state index is 11.9. The molecule has 1 aliphatic heterocycles. The van der Waals surface area contributed by atoms with E-state index in [2.05, 4.69) is 31.2 Å². The summed E-state index contributed by atoms with van der Waals surface area (Å²) in [5, 5.41) is 0. The number of hydrogen-bond acceptors (Lipinski definition) is 2. The summed E-state index contributed by atoms with van der Waals surface area (Å²) >= 11 is 0. The van der Waals surface area contributed by atoms with E-state index in [4.69, 9.17) is 4.74 Å². The van der Waals surface area contributed by atoms with Crippen LogP contribution >= 0.6 is 0 Å². The van der Waals surface area contributed by atoms with Crippen molar-refractivity contribution in [2.45, 2.75) is 38.7 Å². The van der Waals surface area contributed by atoms with E-state index in [0.717, 1.165) is 32.5 Å². The summed E-state index contributed by atoms with van der Waals surface area (Å²) < 4.78 is 5.39. The third-order valence-corrected chi connectivity index (χ3v) is 3.55. The van der Waals surface area contributed by atoms with Crippen molar-refractivity contribution < 1.29 is 9.53 Å². The highest BCUT2D eigenvalue weighted by Crippen LogP contribution is 2.27. The van der Waals surface area contributed by atoms with Gasteiger partial charge in [-0.25, -0.2) is 0 Å². The van der Waals surface area contributed by atoms with Crippen LogP contribution in [-0.2, 0) is 16.0 Å². The minimum atomic E-state index is -0.0857. The van der Waals surface area contributed by atoms with Gasteiger partial charge < -0.3 is 9.64 Å². The molecule has 0 N–H and O–H groups in total. The number of benzene rings is 1. The molecule has 1 amide bonds. The van der Waals surface area contributed by atoms with Crippen molar-refractivity contribution in [2.24, 2.45) is 0 Å². The summed E-state index contributed by atoms with van der Waals surface area (Å²) in [7, 11) is 0. The minimum Gasteiger partial charge on any atom is -0.368 e. The van der Waals surface area contributed by atoms with Crippen LogP contribution in [-0.4, -0.2) is 36.1 Å². The van der Waals surface area contributed by atoms with Crippen molar-refractivity contribution in [3.8, 4) is 0 Å². The van der Waals surface area contributed by atoms with E-state index in [9.17, 15) is 4.79 Å². The van der Waals surface area contributed by atoms with Gasteiger partial charge >= 0.3 is 0 Å². The zero-order valence-electron chi connectivity index (χ0n) is 11.9. The minimum absolute atomic E-state index is 0.0857. The number of aryl methyl sites for hydroxylation is 1. The number of epoxide rings is 1. The normalized spacial score (nSPS) is 21.2. The van der Waals surface area contributed by atoms with E-state index in [1.165, 1.54) is 5.56 Å². The summed E-state index contributed by atoms with van der Waals surface area (Å²) in [5.41, 5.74) is 1.25.